The van der Waals surface area contributed by atoms with Crippen molar-refractivity contribution >= 4 is 17.5 Å². The molecule has 7 nitrogen and oxygen atoms in total. The van der Waals surface area contributed by atoms with E-state index < -0.39 is 0 Å². The van der Waals surface area contributed by atoms with E-state index in [2.05, 4.69) is 10.6 Å². The number of hydrogen-bond acceptors (Lipinski definition) is 5. The number of benzene rings is 3. The van der Waals surface area contributed by atoms with Gasteiger partial charge in [-0.25, -0.2) is 0 Å². The minimum absolute atomic E-state index is 0.230. The van der Waals surface area contributed by atoms with Crippen LogP contribution in [0, 0.1) is 0 Å². The fourth-order valence-electron chi connectivity index (χ4n) is 3.31. The van der Waals surface area contributed by atoms with Crippen LogP contribution in [-0.4, -0.2) is 37.7 Å². The number of amides is 2. The first-order valence-electron chi connectivity index (χ1n) is 10.4. The first-order valence-corrected chi connectivity index (χ1v) is 10.4. The quantitative estimate of drug-likeness (QED) is 0.591. The average molecular weight is 432 g/mol. The van der Waals surface area contributed by atoms with Gasteiger partial charge in [0.1, 0.15) is 18.5 Å². The normalized spacial score (nSPS) is 14.3. The molecule has 32 heavy (non-hydrogen) atoms. The predicted octanol–water partition coefficient (Wildman–Crippen LogP) is 3.91. The first kappa shape index (κ1) is 21.2. The summed E-state index contributed by atoms with van der Waals surface area (Å²) >= 11 is 0. The fourth-order valence-corrected chi connectivity index (χ4v) is 3.31. The Bertz CT molecular complexity index is 1100. The van der Waals surface area contributed by atoms with Crippen molar-refractivity contribution in [2.24, 2.45) is 0 Å². The third-order valence-corrected chi connectivity index (χ3v) is 4.89. The lowest BCUT2D eigenvalue weighted by atomic mass is 10.1. The van der Waals surface area contributed by atoms with Gasteiger partial charge in [0.15, 0.2) is 11.5 Å². The SMILES string of the molecule is CCOc1ccccc1C(=O)Nc1ccc(C(=O)NCC2COc3ccccc3O2)cc1. The van der Waals surface area contributed by atoms with E-state index in [4.69, 9.17) is 14.2 Å². The monoisotopic (exact) mass is 432 g/mol. The molecular formula is C25H24N2O5. The largest absolute Gasteiger partial charge is 0.493 e. The highest BCUT2D eigenvalue weighted by Gasteiger charge is 2.21. The van der Waals surface area contributed by atoms with Crippen molar-refractivity contribution in [3.05, 3.63) is 83.9 Å². The zero-order valence-electron chi connectivity index (χ0n) is 17.7. The minimum Gasteiger partial charge on any atom is -0.493 e. The second kappa shape index (κ2) is 9.87. The van der Waals surface area contributed by atoms with E-state index in [1.807, 2.05) is 37.3 Å². The molecule has 4 rings (SSSR count). The molecule has 3 aromatic carbocycles. The topological polar surface area (TPSA) is 85.9 Å². The van der Waals surface area contributed by atoms with Crippen molar-refractivity contribution < 1.29 is 23.8 Å². The Morgan fingerprint density at radius 1 is 0.938 bits per heavy atom. The van der Waals surface area contributed by atoms with Gasteiger partial charge in [-0.3, -0.25) is 9.59 Å². The summed E-state index contributed by atoms with van der Waals surface area (Å²) in [5.41, 5.74) is 1.51. The lowest BCUT2D eigenvalue weighted by Crippen LogP contribution is -2.40. The number of para-hydroxylation sites is 3. The zero-order chi connectivity index (χ0) is 22.3. The van der Waals surface area contributed by atoms with Crippen LogP contribution in [0.2, 0.25) is 0 Å². The van der Waals surface area contributed by atoms with Gasteiger partial charge in [0.25, 0.3) is 11.8 Å². The Morgan fingerprint density at radius 3 is 2.44 bits per heavy atom. The molecule has 1 heterocycles. The molecule has 0 radical (unpaired) electrons. The van der Waals surface area contributed by atoms with Crippen molar-refractivity contribution in [3.8, 4) is 17.2 Å². The van der Waals surface area contributed by atoms with Gasteiger partial charge in [-0.05, 0) is 55.5 Å². The van der Waals surface area contributed by atoms with Crippen molar-refractivity contribution in [1.29, 1.82) is 0 Å². The summed E-state index contributed by atoms with van der Waals surface area (Å²) < 4.78 is 17.0. The van der Waals surface area contributed by atoms with Crippen LogP contribution in [-0.2, 0) is 0 Å². The number of carbonyl (C=O) groups is 2. The number of rotatable bonds is 7. The molecule has 7 heteroatoms. The maximum Gasteiger partial charge on any atom is 0.259 e. The molecule has 3 aromatic rings. The van der Waals surface area contributed by atoms with E-state index in [1.165, 1.54) is 0 Å². The fraction of sp³-hybridized carbons (Fsp3) is 0.200. The Kier molecular flexibility index (Phi) is 6.55. The van der Waals surface area contributed by atoms with E-state index in [0.29, 0.717) is 53.8 Å². The van der Waals surface area contributed by atoms with Gasteiger partial charge in [-0.15, -0.1) is 0 Å². The molecule has 0 bridgehead atoms. The molecule has 164 valence electrons. The molecule has 0 fully saturated rings. The molecule has 0 aliphatic carbocycles. The highest BCUT2D eigenvalue weighted by molar-refractivity contribution is 6.06. The zero-order valence-corrected chi connectivity index (χ0v) is 17.7. The molecule has 1 aliphatic rings. The summed E-state index contributed by atoms with van der Waals surface area (Å²) in [5, 5.41) is 5.69. The Balaban J connectivity index is 1.32. The average Bonchev–Trinajstić information content (AvgIpc) is 2.83. The maximum atomic E-state index is 12.6. The van der Waals surface area contributed by atoms with Crippen LogP contribution in [0.1, 0.15) is 27.6 Å². The van der Waals surface area contributed by atoms with Gasteiger partial charge in [0.05, 0.1) is 18.7 Å². The third-order valence-electron chi connectivity index (χ3n) is 4.89. The van der Waals surface area contributed by atoms with Gasteiger partial charge in [-0.1, -0.05) is 24.3 Å². The molecule has 1 atom stereocenters. The maximum absolute atomic E-state index is 12.6. The van der Waals surface area contributed by atoms with Crippen LogP contribution in [0.3, 0.4) is 0 Å². The lowest BCUT2D eigenvalue weighted by molar-refractivity contribution is 0.0789. The molecule has 0 spiro atoms. The smallest absolute Gasteiger partial charge is 0.259 e. The number of nitrogens with one attached hydrogen (secondary N) is 2. The highest BCUT2D eigenvalue weighted by Crippen LogP contribution is 2.30. The van der Waals surface area contributed by atoms with Crippen LogP contribution in [0.4, 0.5) is 5.69 Å². The second-order valence-electron chi connectivity index (χ2n) is 7.17. The van der Waals surface area contributed by atoms with E-state index in [-0.39, 0.29) is 17.9 Å². The molecular weight excluding hydrogens is 408 g/mol. The minimum atomic E-state index is -0.277. The first-order chi connectivity index (χ1) is 15.6. The molecule has 2 amide bonds. The highest BCUT2D eigenvalue weighted by atomic mass is 16.6. The molecule has 0 saturated heterocycles. The van der Waals surface area contributed by atoms with E-state index in [1.54, 1.807) is 42.5 Å². The summed E-state index contributed by atoms with van der Waals surface area (Å²) in [6, 6.07) is 21.2. The summed E-state index contributed by atoms with van der Waals surface area (Å²) in [6.45, 7) is 3.02. The Labute approximate surface area is 186 Å². The summed E-state index contributed by atoms with van der Waals surface area (Å²) in [7, 11) is 0. The summed E-state index contributed by atoms with van der Waals surface area (Å²) in [4.78, 5) is 25.1. The molecule has 2 N–H and O–H groups in total. The molecule has 1 aliphatic heterocycles. The summed E-state index contributed by atoms with van der Waals surface area (Å²) in [6.07, 6.45) is -0.266. The van der Waals surface area contributed by atoms with Crippen LogP contribution >= 0.6 is 0 Å². The van der Waals surface area contributed by atoms with Crippen LogP contribution in [0.5, 0.6) is 17.2 Å². The molecule has 1 unspecified atom stereocenters. The van der Waals surface area contributed by atoms with E-state index in [0.717, 1.165) is 0 Å². The van der Waals surface area contributed by atoms with Gasteiger partial charge in [-0.2, -0.15) is 0 Å². The van der Waals surface area contributed by atoms with Gasteiger partial charge in [0, 0.05) is 11.3 Å². The van der Waals surface area contributed by atoms with E-state index >= 15 is 0 Å². The van der Waals surface area contributed by atoms with Gasteiger partial charge in [0.2, 0.25) is 0 Å². The van der Waals surface area contributed by atoms with Crippen molar-refractivity contribution in [3.63, 3.8) is 0 Å². The number of hydrogen-bond donors (Lipinski definition) is 2. The molecule has 0 aromatic heterocycles. The standard InChI is InChI=1S/C25H24N2O5/c1-2-30-21-8-4-3-7-20(21)25(29)27-18-13-11-17(12-14-18)24(28)26-15-19-16-31-22-9-5-6-10-23(22)32-19/h3-14,19H,2,15-16H2,1H3,(H,26,28)(H,27,29). The number of carbonyl (C=O) groups excluding carboxylic acids is 2. The van der Waals surface area contributed by atoms with Gasteiger partial charge >= 0.3 is 0 Å². The number of ether oxygens (including phenoxy) is 3. The summed E-state index contributed by atoms with van der Waals surface area (Å²) in [5.74, 6) is 1.40. The van der Waals surface area contributed by atoms with Crippen LogP contribution < -0.4 is 24.8 Å². The van der Waals surface area contributed by atoms with Crippen molar-refractivity contribution in [2.75, 3.05) is 25.1 Å². The lowest BCUT2D eigenvalue weighted by Gasteiger charge is -2.26. The van der Waals surface area contributed by atoms with E-state index in [9.17, 15) is 9.59 Å². The van der Waals surface area contributed by atoms with Crippen molar-refractivity contribution in [2.45, 2.75) is 13.0 Å². The number of anilines is 1. The Morgan fingerprint density at radius 2 is 1.66 bits per heavy atom. The third kappa shape index (κ3) is 5.00. The van der Waals surface area contributed by atoms with Crippen LogP contribution in [0.15, 0.2) is 72.8 Å². The van der Waals surface area contributed by atoms with Gasteiger partial charge < -0.3 is 24.8 Å². The van der Waals surface area contributed by atoms with Crippen LogP contribution in [0.25, 0.3) is 0 Å². The predicted molar refractivity (Wildman–Crippen MR) is 121 cm³/mol. The van der Waals surface area contributed by atoms with Crippen molar-refractivity contribution in [1.82, 2.24) is 5.32 Å². The second-order valence-corrected chi connectivity index (χ2v) is 7.17. The number of fused-ring (bicyclic) bond motifs is 1. The molecule has 0 saturated carbocycles. The Hall–Kier alpha value is -4.00.